The summed E-state index contributed by atoms with van der Waals surface area (Å²) in [7, 11) is 0. The summed E-state index contributed by atoms with van der Waals surface area (Å²) in [5, 5.41) is 3.64. The van der Waals surface area contributed by atoms with Crippen LogP contribution in [0, 0.1) is 5.92 Å². The second-order valence-electron chi connectivity index (χ2n) is 5.29. The number of halogens is 1. The minimum atomic E-state index is 0.570. The molecule has 0 saturated carbocycles. The van der Waals surface area contributed by atoms with Crippen LogP contribution < -0.4 is 10.1 Å². The minimum Gasteiger partial charge on any atom is -0.493 e. The maximum absolute atomic E-state index is 5.75. The average molecular weight is 312 g/mol. The Morgan fingerprint density at radius 2 is 2.17 bits per heavy atom. The molecule has 0 spiro atoms. The zero-order valence-electron chi connectivity index (χ0n) is 11.4. The number of hydrogen-bond donors (Lipinski definition) is 1. The van der Waals surface area contributed by atoms with Crippen molar-refractivity contribution in [1.82, 2.24) is 5.32 Å². The van der Waals surface area contributed by atoms with Gasteiger partial charge in [-0.1, -0.05) is 36.7 Å². The van der Waals surface area contributed by atoms with Crippen LogP contribution in [0.1, 0.15) is 38.3 Å². The molecule has 1 aliphatic heterocycles. The molecular formula is C15H22BrNO. The van der Waals surface area contributed by atoms with Gasteiger partial charge >= 0.3 is 0 Å². The van der Waals surface area contributed by atoms with Gasteiger partial charge in [0.15, 0.2) is 0 Å². The second kappa shape index (κ2) is 6.07. The highest BCUT2D eigenvalue weighted by Crippen LogP contribution is 2.33. The highest BCUT2D eigenvalue weighted by Gasteiger charge is 2.18. The Bertz CT molecular complexity index is 417. The molecule has 1 aromatic rings. The third-order valence-corrected chi connectivity index (χ3v) is 4.08. The van der Waals surface area contributed by atoms with Crippen LogP contribution in [0.2, 0.25) is 0 Å². The fraction of sp³-hybridized carbons (Fsp3) is 0.600. The lowest BCUT2D eigenvalue weighted by Gasteiger charge is -2.21. The molecule has 0 aromatic heterocycles. The van der Waals surface area contributed by atoms with Gasteiger partial charge in [-0.15, -0.1) is 0 Å². The van der Waals surface area contributed by atoms with Crippen molar-refractivity contribution >= 4 is 15.9 Å². The summed E-state index contributed by atoms with van der Waals surface area (Å²) in [6.45, 7) is 8.48. The fourth-order valence-electron chi connectivity index (χ4n) is 2.57. The van der Waals surface area contributed by atoms with Gasteiger partial charge in [0.1, 0.15) is 5.75 Å². The lowest BCUT2D eigenvalue weighted by Crippen LogP contribution is -2.32. The topological polar surface area (TPSA) is 21.3 Å². The van der Waals surface area contributed by atoms with E-state index in [9.17, 15) is 0 Å². The van der Waals surface area contributed by atoms with E-state index in [0.29, 0.717) is 12.0 Å². The largest absolute Gasteiger partial charge is 0.493 e. The van der Waals surface area contributed by atoms with Crippen LogP contribution in [0.3, 0.4) is 0 Å². The Hall–Kier alpha value is -0.540. The molecule has 0 radical (unpaired) electrons. The van der Waals surface area contributed by atoms with Crippen molar-refractivity contribution in [3.8, 4) is 5.75 Å². The van der Waals surface area contributed by atoms with Gasteiger partial charge in [0.2, 0.25) is 0 Å². The van der Waals surface area contributed by atoms with E-state index in [0.717, 1.165) is 36.2 Å². The van der Waals surface area contributed by atoms with E-state index in [4.69, 9.17) is 4.74 Å². The van der Waals surface area contributed by atoms with Crippen molar-refractivity contribution in [2.45, 2.75) is 46.2 Å². The van der Waals surface area contributed by atoms with E-state index in [1.165, 1.54) is 11.1 Å². The molecule has 1 aromatic carbocycles. The van der Waals surface area contributed by atoms with Crippen LogP contribution in [-0.2, 0) is 13.0 Å². The maximum atomic E-state index is 5.75. The number of fused-ring (bicyclic) bond motifs is 1. The summed E-state index contributed by atoms with van der Waals surface area (Å²) in [4.78, 5) is 0. The van der Waals surface area contributed by atoms with Crippen molar-refractivity contribution in [3.05, 3.63) is 27.7 Å². The van der Waals surface area contributed by atoms with Crippen molar-refractivity contribution in [3.63, 3.8) is 0 Å². The van der Waals surface area contributed by atoms with Gasteiger partial charge in [-0.3, -0.25) is 0 Å². The number of benzene rings is 1. The summed E-state index contributed by atoms with van der Waals surface area (Å²) in [5.41, 5.74) is 2.61. The highest BCUT2D eigenvalue weighted by atomic mass is 79.9. The summed E-state index contributed by atoms with van der Waals surface area (Å²) in [6, 6.07) is 4.91. The number of rotatable bonds is 5. The van der Waals surface area contributed by atoms with E-state index in [2.05, 4.69) is 54.2 Å². The first-order valence-electron chi connectivity index (χ1n) is 6.79. The third kappa shape index (κ3) is 3.07. The third-order valence-electron chi connectivity index (χ3n) is 3.62. The van der Waals surface area contributed by atoms with E-state index in [-0.39, 0.29) is 0 Å². The molecule has 1 atom stereocenters. The van der Waals surface area contributed by atoms with E-state index in [1.807, 2.05) is 0 Å². The van der Waals surface area contributed by atoms with Crippen molar-refractivity contribution in [2.24, 2.45) is 5.92 Å². The van der Waals surface area contributed by atoms with Gasteiger partial charge in [-0.25, -0.2) is 0 Å². The first-order chi connectivity index (χ1) is 8.61. The van der Waals surface area contributed by atoms with Gasteiger partial charge in [0.05, 0.1) is 6.61 Å². The Labute approximate surface area is 118 Å². The Morgan fingerprint density at radius 3 is 2.83 bits per heavy atom. The number of hydrogen-bond acceptors (Lipinski definition) is 2. The average Bonchev–Trinajstić information content (AvgIpc) is 2.77. The molecule has 0 bridgehead atoms. The first-order valence-corrected chi connectivity index (χ1v) is 7.58. The molecule has 2 rings (SSSR count). The van der Waals surface area contributed by atoms with Crippen LogP contribution in [-0.4, -0.2) is 12.6 Å². The summed E-state index contributed by atoms with van der Waals surface area (Å²) in [5.74, 6) is 1.76. The van der Waals surface area contributed by atoms with Crippen LogP contribution in [0.4, 0.5) is 0 Å². The van der Waals surface area contributed by atoms with Crippen molar-refractivity contribution in [1.29, 1.82) is 0 Å². The predicted molar refractivity (Wildman–Crippen MR) is 79.1 cm³/mol. The molecular weight excluding hydrogens is 290 g/mol. The molecule has 2 nitrogen and oxygen atoms in total. The molecule has 0 saturated heterocycles. The molecule has 1 heterocycles. The van der Waals surface area contributed by atoms with Crippen LogP contribution in [0.15, 0.2) is 16.6 Å². The first kappa shape index (κ1) is 13.9. The summed E-state index contributed by atoms with van der Waals surface area (Å²) >= 11 is 3.59. The van der Waals surface area contributed by atoms with Crippen LogP contribution in [0.5, 0.6) is 5.75 Å². The molecule has 18 heavy (non-hydrogen) atoms. The van der Waals surface area contributed by atoms with Gasteiger partial charge in [-0.2, -0.15) is 0 Å². The minimum absolute atomic E-state index is 0.570. The molecule has 1 N–H and O–H groups in total. The number of ether oxygens (including phenoxy) is 1. The molecule has 1 unspecified atom stereocenters. The lowest BCUT2D eigenvalue weighted by molar-refractivity contribution is 0.346. The second-order valence-corrected chi connectivity index (χ2v) is 6.21. The summed E-state index contributed by atoms with van der Waals surface area (Å²) in [6.07, 6.45) is 2.19. The van der Waals surface area contributed by atoms with Crippen molar-refractivity contribution < 1.29 is 4.74 Å². The number of nitrogens with one attached hydrogen (secondary N) is 1. The maximum Gasteiger partial charge on any atom is 0.127 e. The fourth-order valence-corrected chi connectivity index (χ4v) is 3.12. The SMILES string of the molecule is CCC(NCc1cc(Br)cc2c1OCC2)C(C)C. The van der Waals surface area contributed by atoms with Crippen molar-refractivity contribution in [2.75, 3.05) is 6.61 Å². The molecule has 3 heteroatoms. The van der Waals surface area contributed by atoms with E-state index >= 15 is 0 Å². The zero-order valence-corrected chi connectivity index (χ0v) is 13.0. The molecule has 0 aliphatic carbocycles. The standard InChI is InChI=1S/C15H22BrNO/c1-4-14(10(2)3)17-9-12-8-13(16)7-11-5-6-18-15(11)12/h7-8,10,14,17H,4-6,9H2,1-3H3. The monoisotopic (exact) mass is 311 g/mol. The van der Waals surface area contributed by atoms with E-state index in [1.54, 1.807) is 0 Å². The smallest absolute Gasteiger partial charge is 0.127 e. The van der Waals surface area contributed by atoms with Crippen LogP contribution in [0.25, 0.3) is 0 Å². The predicted octanol–water partition coefficient (Wildman–Crippen LogP) is 3.91. The normalized spacial score (nSPS) is 15.6. The van der Waals surface area contributed by atoms with Gasteiger partial charge < -0.3 is 10.1 Å². The Balaban J connectivity index is 2.10. The zero-order chi connectivity index (χ0) is 13.1. The van der Waals surface area contributed by atoms with Gasteiger partial charge in [0, 0.05) is 29.0 Å². The quantitative estimate of drug-likeness (QED) is 0.890. The van der Waals surface area contributed by atoms with Gasteiger partial charge in [0.25, 0.3) is 0 Å². The molecule has 100 valence electrons. The Morgan fingerprint density at radius 1 is 1.39 bits per heavy atom. The lowest BCUT2D eigenvalue weighted by atomic mass is 10.0. The highest BCUT2D eigenvalue weighted by molar-refractivity contribution is 9.10. The van der Waals surface area contributed by atoms with Crippen LogP contribution >= 0.6 is 15.9 Å². The molecule has 1 aliphatic rings. The van der Waals surface area contributed by atoms with Gasteiger partial charge in [-0.05, 0) is 30.0 Å². The molecule has 0 amide bonds. The Kier molecular flexibility index (Phi) is 4.68. The van der Waals surface area contributed by atoms with E-state index < -0.39 is 0 Å². The molecule has 0 fully saturated rings. The summed E-state index contributed by atoms with van der Waals surface area (Å²) < 4.78 is 6.90.